The van der Waals surface area contributed by atoms with Crippen LogP contribution in [0, 0.1) is 10.1 Å². The van der Waals surface area contributed by atoms with Crippen LogP contribution >= 0.6 is 0 Å². The lowest BCUT2D eigenvalue weighted by Gasteiger charge is -2.10. The molecular formula is C17H15F5N4O4. The third kappa shape index (κ3) is 5.42. The van der Waals surface area contributed by atoms with E-state index < -0.39 is 48.0 Å². The van der Waals surface area contributed by atoms with Crippen molar-refractivity contribution in [1.29, 1.82) is 0 Å². The predicted molar refractivity (Wildman–Crippen MR) is 92.4 cm³/mol. The van der Waals surface area contributed by atoms with Crippen molar-refractivity contribution in [2.75, 3.05) is 11.9 Å². The first-order valence-corrected chi connectivity index (χ1v) is 8.68. The van der Waals surface area contributed by atoms with Gasteiger partial charge in [-0.15, -0.1) is 0 Å². The zero-order valence-electron chi connectivity index (χ0n) is 15.2. The summed E-state index contributed by atoms with van der Waals surface area (Å²) in [6, 6.07) is 3.87. The smallest absolute Gasteiger partial charge is 0.435 e. The van der Waals surface area contributed by atoms with Crippen LogP contribution in [-0.2, 0) is 17.5 Å². The van der Waals surface area contributed by atoms with Crippen molar-refractivity contribution in [3.8, 4) is 5.75 Å². The van der Waals surface area contributed by atoms with Gasteiger partial charge in [0.1, 0.15) is 18.9 Å². The maximum absolute atomic E-state index is 12.9. The molecule has 0 unspecified atom stereocenters. The van der Waals surface area contributed by atoms with Gasteiger partial charge in [0.05, 0.1) is 16.7 Å². The van der Waals surface area contributed by atoms with Crippen LogP contribution < -0.4 is 10.1 Å². The lowest BCUT2D eigenvalue weighted by molar-refractivity contribution is -0.384. The van der Waals surface area contributed by atoms with Gasteiger partial charge in [0.25, 0.3) is 12.1 Å². The lowest BCUT2D eigenvalue weighted by Crippen LogP contribution is -2.21. The Labute approximate surface area is 165 Å². The molecule has 0 aliphatic heterocycles. The van der Waals surface area contributed by atoms with E-state index in [1.54, 1.807) is 0 Å². The summed E-state index contributed by atoms with van der Waals surface area (Å²) >= 11 is 0. The van der Waals surface area contributed by atoms with Gasteiger partial charge in [0.2, 0.25) is 5.91 Å². The number of non-ortho nitro benzene ring substituents is 1. The third-order valence-electron chi connectivity index (χ3n) is 4.15. The molecule has 0 bridgehead atoms. The van der Waals surface area contributed by atoms with Crippen LogP contribution in [0.4, 0.5) is 33.3 Å². The van der Waals surface area contributed by atoms with E-state index in [0.29, 0.717) is 12.8 Å². The van der Waals surface area contributed by atoms with E-state index >= 15 is 0 Å². The molecule has 1 saturated carbocycles. The van der Waals surface area contributed by atoms with Gasteiger partial charge in [-0.2, -0.15) is 18.3 Å². The predicted octanol–water partition coefficient (Wildman–Crippen LogP) is 3.97. The molecule has 0 radical (unpaired) electrons. The highest BCUT2D eigenvalue weighted by Gasteiger charge is 2.38. The van der Waals surface area contributed by atoms with Gasteiger partial charge in [0, 0.05) is 23.7 Å². The van der Waals surface area contributed by atoms with Gasteiger partial charge in [-0.3, -0.25) is 19.6 Å². The number of ether oxygens (including phenoxy) is 1. The van der Waals surface area contributed by atoms with Crippen LogP contribution in [0.15, 0.2) is 24.3 Å². The van der Waals surface area contributed by atoms with Crippen LogP contribution in [0.25, 0.3) is 0 Å². The Kier molecular flexibility index (Phi) is 5.89. The molecule has 1 aliphatic carbocycles. The Morgan fingerprint density at radius 1 is 1.30 bits per heavy atom. The van der Waals surface area contributed by atoms with E-state index in [1.807, 2.05) is 0 Å². The highest BCUT2D eigenvalue weighted by atomic mass is 19.4. The second kappa shape index (κ2) is 8.24. The second-order valence-corrected chi connectivity index (χ2v) is 6.61. The number of nitro benzene ring substituents is 1. The van der Waals surface area contributed by atoms with Crippen molar-refractivity contribution in [2.45, 2.75) is 37.9 Å². The molecule has 162 valence electrons. The Bertz CT molecular complexity index is 956. The van der Waals surface area contributed by atoms with E-state index in [-0.39, 0.29) is 23.0 Å². The highest BCUT2D eigenvalue weighted by molar-refractivity contribution is 5.91. The fourth-order valence-corrected chi connectivity index (χ4v) is 2.74. The number of nitrogens with zero attached hydrogens (tertiary/aromatic N) is 3. The highest BCUT2D eigenvalue weighted by Crippen LogP contribution is 2.42. The second-order valence-electron chi connectivity index (χ2n) is 6.61. The van der Waals surface area contributed by atoms with Gasteiger partial charge in [-0.25, -0.2) is 8.78 Å². The number of carbonyl (C=O) groups is 1. The zero-order valence-corrected chi connectivity index (χ0v) is 15.2. The van der Waals surface area contributed by atoms with Crippen molar-refractivity contribution in [3.63, 3.8) is 0 Å². The van der Waals surface area contributed by atoms with Crippen LogP contribution in [0.5, 0.6) is 5.75 Å². The maximum atomic E-state index is 12.9. The number of carbonyl (C=O) groups excluding carboxylic acids is 1. The molecule has 13 heteroatoms. The van der Waals surface area contributed by atoms with Gasteiger partial charge in [-0.1, -0.05) is 0 Å². The zero-order chi connectivity index (χ0) is 22.1. The molecule has 3 rings (SSSR count). The summed E-state index contributed by atoms with van der Waals surface area (Å²) in [4.78, 5) is 22.5. The number of benzene rings is 1. The van der Waals surface area contributed by atoms with Gasteiger partial charge < -0.3 is 10.1 Å². The quantitative estimate of drug-likeness (QED) is 0.385. The largest absolute Gasteiger partial charge is 0.487 e. The van der Waals surface area contributed by atoms with Crippen LogP contribution in [-0.4, -0.2) is 33.6 Å². The van der Waals surface area contributed by atoms with Crippen molar-refractivity contribution < 1.29 is 36.4 Å². The number of hydrogen-bond donors (Lipinski definition) is 1. The summed E-state index contributed by atoms with van der Waals surface area (Å²) in [6.07, 6.45) is -6.12. The number of alkyl halides is 5. The Morgan fingerprint density at radius 2 is 2.00 bits per heavy atom. The molecule has 1 heterocycles. The minimum atomic E-state index is -4.66. The Morgan fingerprint density at radius 3 is 2.57 bits per heavy atom. The molecule has 1 fully saturated rings. The third-order valence-corrected chi connectivity index (χ3v) is 4.15. The molecule has 1 aliphatic rings. The molecule has 1 aromatic carbocycles. The van der Waals surface area contributed by atoms with E-state index in [1.165, 1.54) is 0 Å². The van der Waals surface area contributed by atoms with Crippen LogP contribution in [0.1, 0.15) is 30.1 Å². The van der Waals surface area contributed by atoms with Crippen LogP contribution in [0.2, 0.25) is 0 Å². The van der Waals surface area contributed by atoms with Crippen LogP contribution in [0.3, 0.4) is 0 Å². The summed E-state index contributed by atoms with van der Waals surface area (Å²) in [6.45, 7) is -1.56. The number of aromatic nitrogens is 2. The molecule has 0 saturated heterocycles. The van der Waals surface area contributed by atoms with E-state index in [2.05, 4.69) is 10.4 Å². The molecule has 2 aromatic rings. The van der Waals surface area contributed by atoms with E-state index in [0.717, 1.165) is 28.9 Å². The first-order valence-electron chi connectivity index (χ1n) is 8.68. The summed E-state index contributed by atoms with van der Waals surface area (Å²) in [5.74, 6) is -1.18. The minimum absolute atomic E-state index is 0.117. The van der Waals surface area contributed by atoms with E-state index in [9.17, 15) is 36.9 Å². The molecule has 8 nitrogen and oxygen atoms in total. The molecular weight excluding hydrogens is 419 g/mol. The first-order chi connectivity index (χ1) is 14.0. The fraction of sp³-hybridized carbons (Fsp3) is 0.412. The van der Waals surface area contributed by atoms with Crippen molar-refractivity contribution >= 4 is 17.3 Å². The molecule has 1 amide bonds. The molecule has 0 spiro atoms. The number of nitro groups is 1. The molecule has 0 atom stereocenters. The fourth-order valence-electron chi connectivity index (χ4n) is 2.74. The summed E-state index contributed by atoms with van der Waals surface area (Å²) in [5, 5.41) is 16.8. The Hall–Kier alpha value is -3.25. The average Bonchev–Trinajstić information content (AvgIpc) is 3.39. The van der Waals surface area contributed by atoms with Crippen molar-refractivity contribution in [1.82, 2.24) is 9.78 Å². The van der Waals surface area contributed by atoms with Crippen molar-refractivity contribution in [3.05, 3.63) is 45.8 Å². The summed E-state index contributed by atoms with van der Waals surface area (Å²) in [7, 11) is 0. The molecule has 30 heavy (non-hydrogen) atoms. The molecule has 1 N–H and O–H groups in total. The van der Waals surface area contributed by atoms with E-state index in [4.69, 9.17) is 4.74 Å². The minimum Gasteiger partial charge on any atom is -0.487 e. The normalized spacial score (nSPS) is 14.1. The average molecular weight is 434 g/mol. The van der Waals surface area contributed by atoms with Gasteiger partial charge in [-0.05, 0) is 18.9 Å². The van der Waals surface area contributed by atoms with Gasteiger partial charge in [0.15, 0.2) is 5.69 Å². The maximum Gasteiger partial charge on any atom is 0.435 e. The number of nitrogens with one attached hydrogen (secondary N) is 1. The first kappa shape index (κ1) is 21.5. The number of rotatable bonds is 8. The number of amides is 1. The lowest BCUT2D eigenvalue weighted by atomic mass is 10.2. The Balaban J connectivity index is 1.77. The topological polar surface area (TPSA) is 99.3 Å². The standard InChI is InChI=1S/C17H15F5N4O4/c18-15(19)8-30-12-4-10(3-11(5-12)26(28)29)23-16(27)7-25-13(9-1-2-9)6-14(24-25)17(20,21)22/h3-6,9,15H,1-2,7-8H2,(H,23,27). The van der Waals surface area contributed by atoms with Gasteiger partial charge >= 0.3 is 6.18 Å². The molecule has 1 aromatic heterocycles. The summed E-state index contributed by atoms with van der Waals surface area (Å²) < 4.78 is 69.1. The van der Waals surface area contributed by atoms with Crippen molar-refractivity contribution in [2.24, 2.45) is 0 Å². The SMILES string of the molecule is O=C(Cn1nc(C(F)(F)F)cc1C1CC1)Nc1cc(OCC(F)F)cc([N+](=O)[O-])c1. The monoisotopic (exact) mass is 434 g/mol. The number of anilines is 1. The number of hydrogen-bond acceptors (Lipinski definition) is 5. The summed E-state index contributed by atoms with van der Waals surface area (Å²) in [5.41, 5.74) is -1.49. The number of halogens is 5.